The third kappa shape index (κ3) is 3.16. The highest BCUT2D eigenvalue weighted by atomic mass is 127. The lowest BCUT2D eigenvalue weighted by atomic mass is 10.2. The lowest BCUT2D eigenvalue weighted by Crippen LogP contribution is -2.04. The van der Waals surface area contributed by atoms with Crippen molar-refractivity contribution < 1.29 is 14.3 Å². The van der Waals surface area contributed by atoms with Crippen molar-refractivity contribution in [3.05, 3.63) is 23.8 Å². The zero-order valence-corrected chi connectivity index (χ0v) is 11.2. The molecule has 0 aliphatic carbocycles. The summed E-state index contributed by atoms with van der Waals surface area (Å²) in [5.41, 5.74) is 1.17. The molecule has 0 fully saturated rings. The number of rotatable bonds is 4. The fraction of sp³-hybridized carbons (Fsp3) is 0.222. The lowest BCUT2D eigenvalue weighted by Gasteiger charge is -2.09. The Labute approximate surface area is 104 Å². The SMILES string of the molecule is COC(=O)c1ccc(OC)cc1NSI. The van der Waals surface area contributed by atoms with E-state index >= 15 is 0 Å². The molecule has 0 aromatic heterocycles. The van der Waals surface area contributed by atoms with Gasteiger partial charge in [0.1, 0.15) is 5.75 Å². The van der Waals surface area contributed by atoms with Crippen molar-refractivity contribution in [3.63, 3.8) is 0 Å². The minimum atomic E-state index is -0.370. The van der Waals surface area contributed by atoms with Crippen LogP contribution in [0, 0.1) is 0 Å². The molecule has 15 heavy (non-hydrogen) atoms. The third-order valence-corrected chi connectivity index (χ3v) is 2.74. The molecule has 1 aromatic rings. The van der Waals surface area contributed by atoms with Crippen LogP contribution < -0.4 is 9.46 Å². The lowest BCUT2D eigenvalue weighted by molar-refractivity contribution is 0.0602. The van der Waals surface area contributed by atoms with Crippen LogP contribution in [0.4, 0.5) is 5.69 Å². The molecule has 6 heteroatoms. The van der Waals surface area contributed by atoms with Crippen molar-refractivity contribution in [2.24, 2.45) is 0 Å². The van der Waals surface area contributed by atoms with Gasteiger partial charge in [0, 0.05) is 36.4 Å². The first-order valence-electron chi connectivity index (χ1n) is 4.03. The average molecular weight is 339 g/mol. The van der Waals surface area contributed by atoms with E-state index in [1.54, 1.807) is 25.3 Å². The Balaban J connectivity index is 3.08. The first-order valence-corrected chi connectivity index (χ1v) is 7.38. The Kier molecular flexibility index (Phi) is 5.03. The van der Waals surface area contributed by atoms with Gasteiger partial charge in [0.15, 0.2) is 0 Å². The number of hydrogen-bond donors (Lipinski definition) is 1. The maximum absolute atomic E-state index is 11.4. The number of carbonyl (C=O) groups is 1. The van der Waals surface area contributed by atoms with Crippen LogP contribution in [-0.2, 0) is 4.74 Å². The number of anilines is 1. The maximum Gasteiger partial charge on any atom is 0.339 e. The van der Waals surface area contributed by atoms with E-state index in [2.05, 4.69) is 30.7 Å². The molecule has 0 saturated carbocycles. The normalized spacial score (nSPS) is 9.53. The van der Waals surface area contributed by atoms with Gasteiger partial charge in [0.05, 0.1) is 25.5 Å². The van der Waals surface area contributed by atoms with Crippen LogP contribution in [0.1, 0.15) is 10.4 Å². The van der Waals surface area contributed by atoms with Gasteiger partial charge < -0.3 is 14.2 Å². The fourth-order valence-corrected chi connectivity index (χ4v) is 2.03. The van der Waals surface area contributed by atoms with Crippen LogP contribution in [0.3, 0.4) is 0 Å². The molecular formula is C9H10INO3S. The second-order valence-corrected chi connectivity index (χ2v) is 4.26. The number of halogens is 1. The number of ether oxygens (including phenoxy) is 2. The summed E-state index contributed by atoms with van der Waals surface area (Å²) in [5, 5.41) is 0. The van der Waals surface area contributed by atoms with Crippen molar-refractivity contribution in [1.29, 1.82) is 0 Å². The quantitative estimate of drug-likeness (QED) is 0.519. The van der Waals surface area contributed by atoms with Gasteiger partial charge in [0.25, 0.3) is 0 Å². The molecule has 4 nitrogen and oxygen atoms in total. The van der Waals surface area contributed by atoms with Gasteiger partial charge in [-0.25, -0.2) is 4.79 Å². The summed E-state index contributed by atoms with van der Waals surface area (Å²) >= 11 is 2.08. The second-order valence-electron chi connectivity index (χ2n) is 2.58. The van der Waals surface area contributed by atoms with Crippen LogP contribution in [-0.4, -0.2) is 20.2 Å². The Hall–Kier alpha value is -0.630. The van der Waals surface area contributed by atoms with E-state index in [1.165, 1.54) is 16.2 Å². The highest BCUT2D eigenvalue weighted by Gasteiger charge is 2.12. The molecule has 0 amide bonds. The molecule has 0 spiro atoms. The van der Waals surface area contributed by atoms with Gasteiger partial charge in [-0.3, -0.25) is 0 Å². The van der Waals surface area contributed by atoms with E-state index in [1.807, 2.05) is 0 Å². The zero-order valence-electron chi connectivity index (χ0n) is 8.24. The first kappa shape index (κ1) is 12.4. The Bertz CT molecular complexity index is 359. The van der Waals surface area contributed by atoms with Crippen LogP contribution in [0.15, 0.2) is 18.2 Å². The summed E-state index contributed by atoms with van der Waals surface area (Å²) in [6.07, 6.45) is 0. The molecule has 0 heterocycles. The van der Waals surface area contributed by atoms with Gasteiger partial charge in [0.2, 0.25) is 0 Å². The molecule has 0 radical (unpaired) electrons. The summed E-state index contributed by atoms with van der Waals surface area (Å²) < 4.78 is 12.7. The average Bonchev–Trinajstić information content (AvgIpc) is 2.28. The Morgan fingerprint density at radius 3 is 2.73 bits per heavy atom. The van der Waals surface area contributed by atoms with E-state index in [0.29, 0.717) is 17.0 Å². The summed E-state index contributed by atoms with van der Waals surface area (Å²) in [5.74, 6) is 0.321. The molecule has 0 bridgehead atoms. The predicted octanol–water partition coefficient (Wildman–Crippen LogP) is 2.89. The molecule has 82 valence electrons. The zero-order chi connectivity index (χ0) is 11.3. The van der Waals surface area contributed by atoms with E-state index in [0.717, 1.165) is 0 Å². The van der Waals surface area contributed by atoms with Crippen LogP contribution in [0.2, 0.25) is 0 Å². The molecular weight excluding hydrogens is 329 g/mol. The highest BCUT2D eigenvalue weighted by molar-refractivity contribution is 14.2. The minimum absolute atomic E-state index is 0.370. The van der Waals surface area contributed by atoms with Crippen LogP contribution in [0.25, 0.3) is 0 Å². The third-order valence-electron chi connectivity index (χ3n) is 1.78. The molecule has 0 saturated heterocycles. The predicted molar refractivity (Wildman–Crippen MR) is 69.6 cm³/mol. The van der Waals surface area contributed by atoms with Crippen molar-refractivity contribution in [2.45, 2.75) is 0 Å². The monoisotopic (exact) mass is 339 g/mol. The first-order chi connectivity index (χ1) is 7.22. The molecule has 1 aromatic carbocycles. The van der Waals surface area contributed by atoms with Gasteiger partial charge in [-0.15, -0.1) is 0 Å². The fourth-order valence-electron chi connectivity index (χ4n) is 1.06. The van der Waals surface area contributed by atoms with E-state index in [9.17, 15) is 4.79 Å². The van der Waals surface area contributed by atoms with Gasteiger partial charge in [-0.2, -0.15) is 0 Å². The molecule has 0 aliphatic heterocycles. The van der Waals surface area contributed by atoms with Crippen molar-refractivity contribution >= 4 is 42.0 Å². The summed E-state index contributed by atoms with van der Waals surface area (Å²) in [7, 11) is 4.30. The smallest absolute Gasteiger partial charge is 0.339 e. The molecule has 1 rings (SSSR count). The standard InChI is InChI=1S/C9H10INO3S/c1-13-6-3-4-7(9(12)14-2)8(5-6)11-15-10/h3-5,11H,1-2H3. The Morgan fingerprint density at radius 1 is 1.47 bits per heavy atom. The summed E-state index contributed by atoms with van der Waals surface area (Å²) in [6, 6.07) is 5.13. The number of hydrogen-bond acceptors (Lipinski definition) is 5. The molecule has 0 unspecified atom stereocenters. The summed E-state index contributed by atoms with van der Waals surface area (Å²) in [4.78, 5) is 11.4. The van der Waals surface area contributed by atoms with Crippen molar-refractivity contribution in [1.82, 2.24) is 0 Å². The van der Waals surface area contributed by atoms with Gasteiger partial charge in [-0.1, -0.05) is 0 Å². The van der Waals surface area contributed by atoms with Gasteiger partial charge >= 0.3 is 5.97 Å². The number of benzene rings is 1. The number of nitrogens with one attached hydrogen (secondary N) is 1. The largest absolute Gasteiger partial charge is 0.497 e. The molecule has 0 atom stereocenters. The van der Waals surface area contributed by atoms with E-state index in [-0.39, 0.29) is 5.97 Å². The maximum atomic E-state index is 11.4. The van der Waals surface area contributed by atoms with E-state index < -0.39 is 0 Å². The van der Waals surface area contributed by atoms with Crippen LogP contribution in [0.5, 0.6) is 5.75 Å². The second kappa shape index (κ2) is 6.06. The number of esters is 1. The van der Waals surface area contributed by atoms with Gasteiger partial charge in [-0.05, 0) is 12.1 Å². The summed E-state index contributed by atoms with van der Waals surface area (Å²) in [6.45, 7) is 0. The van der Waals surface area contributed by atoms with Crippen molar-refractivity contribution in [3.8, 4) is 5.75 Å². The van der Waals surface area contributed by atoms with Crippen molar-refractivity contribution in [2.75, 3.05) is 18.9 Å². The number of carbonyl (C=O) groups excluding carboxylic acids is 1. The minimum Gasteiger partial charge on any atom is -0.497 e. The molecule has 1 N–H and O–H groups in total. The number of methoxy groups -OCH3 is 2. The topological polar surface area (TPSA) is 47.6 Å². The molecule has 0 aliphatic rings. The highest BCUT2D eigenvalue weighted by Crippen LogP contribution is 2.27. The van der Waals surface area contributed by atoms with Crippen LogP contribution >= 0.6 is 30.3 Å². The van der Waals surface area contributed by atoms with E-state index in [4.69, 9.17) is 4.74 Å². The Morgan fingerprint density at radius 2 is 2.20 bits per heavy atom.